The minimum atomic E-state index is -1.20. The number of aryl methyl sites for hydroxylation is 1. The van der Waals surface area contributed by atoms with Gasteiger partial charge in [0, 0.05) is 37.4 Å². The highest BCUT2D eigenvalue weighted by Gasteiger charge is 2.34. The van der Waals surface area contributed by atoms with E-state index in [1.807, 2.05) is 6.92 Å². The zero-order chi connectivity index (χ0) is 26.8. The van der Waals surface area contributed by atoms with Gasteiger partial charge in [0.2, 0.25) is 11.8 Å². The molecule has 1 aromatic rings. The Morgan fingerprint density at radius 2 is 2.03 bits per heavy atom. The first-order valence-corrected chi connectivity index (χ1v) is 12.4. The molecule has 0 aliphatic heterocycles. The summed E-state index contributed by atoms with van der Waals surface area (Å²) in [6.07, 6.45) is 8.21. The Kier molecular flexibility index (Phi) is 8.23. The quantitative estimate of drug-likeness (QED) is 0.429. The van der Waals surface area contributed by atoms with Gasteiger partial charge < -0.3 is 21.5 Å². The molecule has 2 aliphatic rings. The van der Waals surface area contributed by atoms with Crippen LogP contribution in [0, 0.1) is 11.8 Å². The molecule has 1 aromatic heterocycles. The first-order chi connectivity index (χ1) is 16.8. The van der Waals surface area contributed by atoms with E-state index in [9.17, 15) is 14.7 Å². The minimum absolute atomic E-state index is 0.0235. The third-order valence-corrected chi connectivity index (χ3v) is 6.91. The monoisotopic (exact) mass is 499 g/mol. The number of amides is 2. The molecule has 1 fully saturated rings. The summed E-state index contributed by atoms with van der Waals surface area (Å²) in [6, 6.07) is -0.0235. The second kappa shape index (κ2) is 10.8. The third-order valence-electron chi connectivity index (χ3n) is 6.91. The molecule has 3 atom stereocenters. The van der Waals surface area contributed by atoms with Crippen LogP contribution in [0.1, 0.15) is 70.3 Å². The van der Waals surface area contributed by atoms with Gasteiger partial charge in [0.25, 0.3) is 0 Å². The molecule has 1 unspecified atom stereocenters. The SMILES string of the molecule is C=C/C(C)=C(\C=C(/N)NC(=O)[C@H]1CCC[C@@H](NC(C)=O)C1)C1C=C(F)c2nn(C)c(C(C)(C)O)c2C1. The van der Waals surface area contributed by atoms with Crippen molar-refractivity contribution in [1.82, 2.24) is 20.4 Å². The Morgan fingerprint density at radius 3 is 2.64 bits per heavy atom. The van der Waals surface area contributed by atoms with E-state index in [0.29, 0.717) is 29.7 Å². The number of fused-ring (bicyclic) bond motifs is 1. The molecule has 8 nitrogen and oxygen atoms in total. The van der Waals surface area contributed by atoms with Crippen LogP contribution in [0.4, 0.5) is 4.39 Å². The fourth-order valence-electron chi connectivity index (χ4n) is 5.38. The van der Waals surface area contributed by atoms with Crippen LogP contribution in [0.15, 0.2) is 41.8 Å². The molecular formula is C27H38FN5O3. The molecule has 0 saturated heterocycles. The van der Waals surface area contributed by atoms with Crippen molar-refractivity contribution in [3.63, 3.8) is 0 Å². The van der Waals surface area contributed by atoms with Crippen molar-refractivity contribution in [3.8, 4) is 0 Å². The van der Waals surface area contributed by atoms with Gasteiger partial charge in [-0.15, -0.1) is 0 Å². The first kappa shape index (κ1) is 27.4. The van der Waals surface area contributed by atoms with E-state index in [0.717, 1.165) is 24.8 Å². The van der Waals surface area contributed by atoms with Crippen LogP contribution in [0.2, 0.25) is 0 Å². The second-order valence-corrected chi connectivity index (χ2v) is 10.4. The number of nitrogens with one attached hydrogen (secondary N) is 2. The molecule has 5 N–H and O–H groups in total. The average molecular weight is 500 g/mol. The van der Waals surface area contributed by atoms with E-state index >= 15 is 4.39 Å². The number of hydrogen-bond donors (Lipinski definition) is 4. The number of allylic oxidation sites excluding steroid dienone is 5. The van der Waals surface area contributed by atoms with Crippen LogP contribution in [-0.2, 0) is 28.7 Å². The van der Waals surface area contributed by atoms with Gasteiger partial charge in [-0.1, -0.05) is 19.1 Å². The van der Waals surface area contributed by atoms with Gasteiger partial charge in [-0.2, -0.15) is 5.10 Å². The highest BCUT2D eigenvalue weighted by Crippen LogP contribution is 2.39. The Balaban J connectivity index is 1.84. The lowest BCUT2D eigenvalue weighted by Crippen LogP contribution is -2.42. The molecule has 0 spiro atoms. The smallest absolute Gasteiger partial charge is 0.228 e. The van der Waals surface area contributed by atoms with E-state index in [2.05, 4.69) is 22.3 Å². The van der Waals surface area contributed by atoms with Gasteiger partial charge in [-0.05, 0) is 69.8 Å². The topological polar surface area (TPSA) is 122 Å². The van der Waals surface area contributed by atoms with Gasteiger partial charge in [0.05, 0.1) is 5.69 Å². The van der Waals surface area contributed by atoms with Gasteiger partial charge in [-0.25, -0.2) is 4.39 Å². The molecular weight excluding hydrogens is 461 g/mol. The van der Waals surface area contributed by atoms with Crippen LogP contribution in [0.25, 0.3) is 5.83 Å². The lowest BCUT2D eigenvalue weighted by atomic mass is 9.82. The number of carbonyl (C=O) groups is 2. The minimum Gasteiger partial charge on any atom is -0.385 e. The summed E-state index contributed by atoms with van der Waals surface area (Å²) in [5, 5.41) is 20.7. The fourth-order valence-corrected chi connectivity index (χ4v) is 5.38. The zero-order valence-electron chi connectivity index (χ0n) is 21.8. The molecule has 0 aromatic carbocycles. The molecule has 0 radical (unpaired) electrons. The maximum atomic E-state index is 15.2. The number of nitrogens with two attached hydrogens (primary N) is 1. The van der Waals surface area contributed by atoms with Crippen molar-refractivity contribution in [2.24, 2.45) is 24.6 Å². The lowest BCUT2D eigenvalue weighted by molar-refractivity contribution is -0.126. The maximum Gasteiger partial charge on any atom is 0.228 e. The van der Waals surface area contributed by atoms with E-state index in [1.54, 1.807) is 33.0 Å². The Morgan fingerprint density at radius 1 is 1.33 bits per heavy atom. The maximum absolute atomic E-state index is 15.2. The molecule has 0 bridgehead atoms. The van der Waals surface area contributed by atoms with Crippen molar-refractivity contribution in [1.29, 1.82) is 0 Å². The predicted molar refractivity (Wildman–Crippen MR) is 138 cm³/mol. The predicted octanol–water partition coefficient (Wildman–Crippen LogP) is 3.24. The summed E-state index contributed by atoms with van der Waals surface area (Å²) >= 11 is 0. The number of rotatable bonds is 7. The molecule has 2 amide bonds. The molecule has 36 heavy (non-hydrogen) atoms. The molecule has 1 saturated carbocycles. The van der Waals surface area contributed by atoms with Gasteiger partial charge in [0.1, 0.15) is 22.9 Å². The Labute approximate surface area is 212 Å². The van der Waals surface area contributed by atoms with Crippen LogP contribution in [0.3, 0.4) is 0 Å². The zero-order valence-corrected chi connectivity index (χ0v) is 21.8. The number of aromatic nitrogens is 2. The average Bonchev–Trinajstić information content (AvgIpc) is 3.13. The summed E-state index contributed by atoms with van der Waals surface area (Å²) in [7, 11) is 1.69. The Bertz CT molecular complexity index is 1140. The number of hydrogen-bond acceptors (Lipinski definition) is 5. The summed E-state index contributed by atoms with van der Waals surface area (Å²) in [4.78, 5) is 24.3. The summed E-state index contributed by atoms with van der Waals surface area (Å²) in [5.74, 6) is -1.26. The van der Waals surface area contributed by atoms with Crippen molar-refractivity contribution in [2.75, 3.05) is 0 Å². The normalized spacial score (nSPS) is 23.2. The van der Waals surface area contributed by atoms with Crippen molar-refractivity contribution >= 4 is 17.6 Å². The van der Waals surface area contributed by atoms with Gasteiger partial charge in [-0.3, -0.25) is 14.3 Å². The molecule has 9 heteroatoms. The number of halogens is 1. The molecule has 1 heterocycles. The fraction of sp³-hybridized carbons (Fsp3) is 0.519. The van der Waals surface area contributed by atoms with E-state index in [1.165, 1.54) is 17.7 Å². The summed E-state index contributed by atoms with van der Waals surface area (Å²) in [5.41, 5.74) is 7.99. The summed E-state index contributed by atoms with van der Waals surface area (Å²) < 4.78 is 16.7. The molecule has 3 rings (SSSR count). The Hall–Kier alpha value is -3.20. The molecule has 196 valence electrons. The van der Waals surface area contributed by atoms with Crippen LogP contribution >= 0.6 is 0 Å². The van der Waals surface area contributed by atoms with Crippen molar-refractivity contribution in [2.45, 2.75) is 71.4 Å². The van der Waals surface area contributed by atoms with Crippen molar-refractivity contribution in [3.05, 3.63) is 58.7 Å². The highest BCUT2D eigenvalue weighted by molar-refractivity contribution is 5.80. The third kappa shape index (κ3) is 6.13. The van der Waals surface area contributed by atoms with E-state index in [-0.39, 0.29) is 35.3 Å². The first-order valence-electron chi connectivity index (χ1n) is 12.4. The number of nitrogens with zero attached hydrogens (tertiary/aromatic N) is 2. The van der Waals surface area contributed by atoms with E-state index in [4.69, 9.17) is 5.73 Å². The lowest BCUT2D eigenvalue weighted by Gasteiger charge is -2.29. The second-order valence-electron chi connectivity index (χ2n) is 10.4. The molecule has 2 aliphatic carbocycles. The number of carbonyl (C=O) groups excluding carboxylic acids is 2. The van der Waals surface area contributed by atoms with Gasteiger partial charge in [0.15, 0.2) is 0 Å². The standard InChI is InChI=1S/C27H38FN5O3/c1-7-15(2)20(14-23(29)31-26(35)17-9-8-10-19(11-17)30-16(3)34)18-12-21-24(22(28)13-18)32-33(6)25(21)27(4,5)36/h7,13-14,17-19,36H,1,8-12,29H2,2-6H3,(H,30,34)(H,31,35)/b20-15+,23-14+/t17-,18?,19+/m0/s1. The highest BCUT2D eigenvalue weighted by atomic mass is 19.1. The van der Waals surface area contributed by atoms with Crippen LogP contribution < -0.4 is 16.4 Å². The van der Waals surface area contributed by atoms with Crippen LogP contribution in [0.5, 0.6) is 0 Å². The van der Waals surface area contributed by atoms with Gasteiger partial charge >= 0.3 is 0 Å². The van der Waals surface area contributed by atoms with Crippen molar-refractivity contribution < 1.29 is 19.1 Å². The van der Waals surface area contributed by atoms with E-state index < -0.39 is 17.3 Å². The largest absolute Gasteiger partial charge is 0.385 e. The number of aliphatic hydroxyl groups is 1. The summed E-state index contributed by atoms with van der Waals surface area (Å²) in [6.45, 7) is 10.5. The van der Waals surface area contributed by atoms with Crippen LogP contribution in [-0.4, -0.2) is 32.7 Å².